The van der Waals surface area contributed by atoms with Crippen molar-refractivity contribution in [2.75, 3.05) is 41.0 Å². The summed E-state index contributed by atoms with van der Waals surface area (Å²) in [5.74, 6) is -1.54. The molecule has 0 fully saturated rings. The highest BCUT2D eigenvalue weighted by Gasteiger charge is 2.31. The number of hydrogen-bond donors (Lipinski definition) is 1. The molecule has 0 rings (SSSR count). The SMILES string of the molecule is CC/C=C/C=C/C=C/C=C/C=C/C=C/C=C/CCCCCC(=O)OCC(COCCC(C(=O)O)[N+](C)(C)C)OC(=O)CCCCCCCCC/C=C/CCCCCCCC. The van der Waals surface area contributed by atoms with Crippen LogP contribution in [0.25, 0.3) is 0 Å². The molecule has 0 amide bonds. The zero-order chi connectivity index (χ0) is 44.2. The number of allylic oxidation sites excluding steroid dienone is 16. The maximum absolute atomic E-state index is 12.8. The highest BCUT2D eigenvalue weighted by molar-refractivity contribution is 5.72. The van der Waals surface area contributed by atoms with Gasteiger partial charge in [-0.15, -0.1) is 0 Å². The number of ether oxygens (including phenoxy) is 3. The van der Waals surface area contributed by atoms with E-state index >= 15 is 0 Å². The second-order valence-electron chi connectivity index (χ2n) is 16.5. The molecule has 8 nitrogen and oxygen atoms in total. The molecule has 0 aromatic carbocycles. The monoisotopic (exact) mass is 837 g/mol. The topological polar surface area (TPSA) is 99.1 Å². The van der Waals surface area contributed by atoms with Gasteiger partial charge < -0.3 is 23.8 Å². The van der Waals surface area contributed by atoms with Gasteiger partial charge in [0.2, 0.25) is 0 Å². The molecule has 0 spiro atoms. The Hall–Kier alpha value is -3.75. The largest absolute Gasteiger partial charge is 0.477 e. The maximum Gasteiger partial charge on any atom is 0.362 e. The van der Waals surface area contributed by atoms with Crippen LogP contribution in [0.2, 0.25) is 0 Å². The molecular weight excluding hydrogens is 751 g/mol. The van der Waals surface area contributed by atoms with Crippen molar-refractivity contribution in [1.29, 1.82) is 0 Å². The van der Waals surface area contributed by atoms with Gasteiger partial charge in [-0.3, -0.25) is 9.59 Å². The van der Waals surface area contributed by atoms with Crippen molar-refractivity contribution in [3.8, 4) is 0 Å². The lowest BCUT2D eigenvalue weighted by atomic mass is 10.1. The molecule has 340 valence electrons. The highest BCUT2D eigenvalue weighted by atomic mass is 16.6. The van der Waals surface area contributed by atoms with E-state index in [9.17, 15) is 19.5 Å². The van der Waals surface area contributed by atoms with Gasteiger partial charge in [0.1, 0.15) is 6.61 Å². The summed E-state index contributed by atoms with van der Waals surface area (Å²) in [5.41, 5.74) is 0. The molecule has 0 aliphatic heterocycles. The number of carbonyl (C=O) groups excluding carboxylic acids is 2. The number of carbonyl (C=O) groups is 3. The molecule has 0 saturated carbocycles. The molecule has 0 radical (unpaired) electrons. The van der Waals surface area contributed by atoms with Crippen LogP contribution in [-0.4, -0.2) is 80.6 Å². The normalized spacial score (nSPS) is 13.8. The van der Waals surface area contributed by atoms with Gasteiger partial charge in [-0.25, -0.2) is 4.79 Å². The van der Waals surface area contributed by atoms with Crippen LogP contribution < -0.4 is 0 Å². The molecule has 0 aromatic rings. The van der Waals surface area contributed by atoms with Gasteiger partial charge in [0, 0.05) is 19.3 Å². The van der Waals surface area contributed by atoms with Gasteiger partial charge in [0.15, 0.2) is 12.1 Å². The van der Waals surface area contributed by atoms with Gasteiger partial charge in [-0.1, -0.05) is 182 Å². The number of rotatable bonds is 40. The van der Waals surface area contributed by atoms with Crippen LogP contribution >= 0.6 is 0 Å². The lowest BCUT2D eigenvalue weighted by Crippen LogP contribution is -2.50. The molecule has 0 aliphatic rings. The molecule has 0 saturated heterocycles. The Morgan fingerprint density at radius 3 is 1.45 bits per heavy atom. The first-order chi connectivity index (χ1) is 29.1. The minimum atomic E-state index is -0.887. The summed E-state index contributed by atoms with van der Waals surface area (Å²) < 4.78 is 17.3. The molecule has 60 heavy (non-hydrogen) atoms. The van der Waals surface area contributed by atoms with E-state index in [0.29, 0.717) is 19.3 Å². The number of hydrogen-bond acceptors (Lipinski definition) is 6. The van der Waals surface area contributed by atoms with Crippen LogP contribution in [0.1, 0.15) is 162 Å². The standard InChI is InChI=1S/C52H85NO7/c1-6-8-10-12-14-16-18-20-22-24-25-27-28-30-32-34-36-38-40-42-50(54)59-47-48(46-58-45-44-49(52(56)57)53(3,4)5)60-51(55)43-41-39-37-35-33-31-29-26-23-21-19-17-15-13-11-9-7-2/h8,10,12,14,16,18,20-25,27-28,30,32,48-49H,6-7,9,11,13,15,17,19,26,29,31,33-47H2,1-5H3/p+1/b10-8+,14-12+,18-16+,22-20+,23-21+,25-24+,28-27+,32-30+. The summed E-state index contributed by atoms with van der Waals surface area (Å²) in [4.78, 5) is 37.1. The number of carboxylic acids is 1. The molecular formula is C52H86NO7+. The number of carboxylic acid groups (broad SMARTS) is 1. The summed E-state index contributed by atoms with van der Waals surface area (Å²) >= 11 is 0. The van der Waals surface area contributed by atoms with Crippen molar-refractivity contribution >= 4 is 17.9 Å². The molecule has 0 aromatic heterocycles. The second-order valence-corrected chi connectivity index (χ2v) is 16.5. The van der Waals surface area contributed by atoms with Gasteiger partial charge in [-0.05, 0) is 57.8 Å². The van der Waals surface area contributed by atoms with Gasteiger partial charge >= 0.3 is 17.9 Å². The fraction of sp³-hybridized carbons (Fsp3) is 0.635. The van der Waals surface area contributed by atoms with E-state index in [2.05, 4.69) is 38.2 Å². The predicted molar refractivity (Wildman–Crippen MR) is 252 cm³/mol. The zero-order valence-electron chi connectivity index (χ0n) is 38.6. The maximum atomic E-state index is 12.8. The van der Waals surface area contributed by atoms with E-state index in [-0.39, 0.29) is 36.2 Å². The van der Waals surface area contributed by atoms with Crippen molar-refractivity contribution in [3.05, 3.63) is 97.2 Å². The second kappa shape index (κ2) is 42.0. The first-order valence-corrected chi connectivity index (χ1v) is 23.4. The predicted octanol–water partition coefficient (Wildman–Crippen LogP) is 13.1. The van der Waals surface area contributed by atoms with Crippen molar-refractivity contribution in [2.45, 2.75) is 174 Å². The summed E-state index contributed by atoms with van der Waals surface area (Å²) in [6, 6.07) is -0.628. The Morgan fingerprint density at radius 1 is 0.517 bits per heavy atom. The van der Waals surface area contributed by atoms with Crippen LogP contribution in [0.15, 0.2) is 97.2 Å². The van der Waals surface area contributed by atoms with Crippen molar-refractivity contribution in [2.24, 2.45) is 0 Å². The third kappa shape index (κ3) is 39.7. The van der Waals surface area contributed by atoms with E-state index in [1.807, 2.05) is 94.1 Å². The summed E-state index contributed by atoms with van der Waals surface area (Å²) in [7, 11) is 5.50. The van der Waals surface area contributed by atoms with E-state index in [1.165, 1.54) is 77.0 Å². The van der Waals surface area contributed by atoms with E-state index in [0.717, 1.165) is 51.4 Å². The van der Waals surface area contributed by atoms with Crippen LogP contribution in [0, 0.1) is 0 Å². The Kier molecular flexibility index (Phi) is 39.3. The first-order valence-electron chi connectivity index (χ1n) is 23.4. The van der Waals surface area contributed by atoms with E-state index in [1.54, 1.807) is 0 Å². The van der Waals surface area contributed by atoms with Crippen molar-refractivity contribution in [3.63, 3.8) is 0 Å². The van der Waals surface area contributed by atoms with Crippen LogP contribution in [0.4, 0.5) is 0 Å². The lowest BCUT2D eigenvalue weighted by Gasteiger charge is -2.31. The third-order valence-corrected chi connectivity index (χ3v) is 9.91. The zero-order valence-corrected chi connectivity index (χ0v) is 38.6. The Balaban J connectivity index is 4.45. The lowest BCUT2D eigenvalue weighted by molar-refractivity contribution is -0.887. The summed E-state index contributed by atoms with van der Waals surface area (Å²) in [6.45, 7) is 4.52. The Morgan fingerprint density at radius 2 is 0.950 bits per heavy atom. The molecule has 0 bridgehead atoms. The average molecular weight is 837 g/mol. The number of aliphatic carboxylic acids is 1. The minimum Gasteiger partial charge on any atom is -0.477 e. The van der Waals surface area contributed by atoms with Crippen molar-refractivity contribution < 1.29 is 38.2 Å². The van der Waals surface area contributed by atoms with Gasteiger partial charge in [0.05, 0.1) is 34.4 Å². The quantitative estimate of drug-likeness (QED) is 0.0216. The fourth-order valence-corrected chi connectivity index (χ4v) is 6.30. The van der Waals surface area contributed by atoms with E-state index < -0.39 is 18.1 Å². The Bertz CT molecular complexity index is 1300. The number of quaternary nitrogens is 1. The van der Waals surface area contributed by atoms with Crippen LogP contribution in [0.5, 0.6) is 0 Å². The van der Waals surface area contributed by atoms with Crippen LogP contribution in [0.3, 0.4) is 0 Å². The van der Waals surface area contributed by atoms with Gasteiger partial charge in [0.25, 0.3) is 0 Å². The minimum absolute atomic E-state index is 0.0383. The molecule has 0 aliphatic carbocycles. The number of nitrogens with zero attached hydrogens (tertiary/aromatic N) is 1. The highest BCUT2D eigenvalue weighted by Crippen LogP contribution is 2.14. The van der Waals surface area contributed by atoms with Gasteiger partial charge in [-0.2, -0.15) is 0 Å². The third-order valence-electron chi connectivity index (χ3n) is 9.91. The van der Waals surface area contributed by atoms with Crippen LogP contribution in [-0.2, 0) is 28.6 Å². The smallest absolute Gasteiger partial charge is 0.362 e. The van der Waals surface area contributed by atoms with Crippen molar-refractivity contribution in [1.82, 2.24) is 0 Å². The summed E-state index contributed by atoms with van der Waals surface area (Å²) in [5, 5.41) is 9.63. The molecule has 2 unspecified atom stereocenters. The Labute approximate surface area is 366 Å². The average Bonchev–Trinajstić information content (AvgIpc) is 3.21. The molecule has 0 heterocycles. The number of unbranched alkanes of at least 4 members (excludes halogenated alkanes) is 16. The molecule has 8 heteroatoms. The fourth-order valence-electron chi connectivity index (χ4n) is 6.30. The number of likely N-dealkylation sites (N-methyl/N-ethyl adjacent to an activating group) is 1. The van der Waals surface area contributed by atoms with E-state index in [4.69, 9.17) is 14.2 Å². The number of esters is 2. The first kappa shape index (κ1) is 56.2. The molecule has 1 N–H and O–H groups in total. The summed E-state index contributed by atoms with van der Waals surface area (Å²) in [6.07, 6.45) is 55.9. The molecule has 2 atom stereocenters.